The summed E-state index contributed by atoms with van der Waals surface area (Å²) in [5, 5.41) is 2.33. The second-order valence-electron chi connectivity index (χ2n) is 4.13. The molecule has 0 fully saturated rings. The van der Waals surface area contributed by atoms with Gasteiger partial charge in [-0.1, -0.05) is 12.1 Å². The Labute approximate surface area is 98.5 Å². The number of H-pyrrole nitrogens is 1. The van der Waals surface area contributed by atoms with Gasteiger partial charge in [-0.15, -0.1) is 0 Å². The zero-order valence-electron chi connectivity index (χ0n) is 9.31. The van der Waals surface area contributed by atoms with Gasteiger partial charge in [-0.25, -0.2) is 0 Å². The second-order valence-corrected chi connectivity index (χ2v) is 4.13. The van der Waals surface area contributed by atoms with E-state index >= 15 is 0 Å². The minimum Gasteiger partial charge on any atom is -0.354 e. The molecule has 0 saturated carbocycles. The molecule has 3 aromatic rings. The summed E-state index contributed by atoms with van der Waals surface area (Å²) in [5.41, 5.74) is 3.39. The number of benzene rings is 1. The molecule has 0 unspecified atom stereocenters. The number of aldehydes is 1. The van der Waals surface area contributed by atoms with Gasteiger partial charge in [-0.3, -0.25) is 4.98 Å². The highest BCUT2D eigenvalue weighted by molar-refractivity contribution is 6.06. The molecule has 2 aromatic heterocycles. The Morgan fingerprint density at radius 3 is 3.00 bits per heavy atom. The molecule has 1 N–H and O–H groups in total. The number of pyridine rings is 1. The maximum atomic E-state index is 10.4. The molecule has 17 heavy (non-hydrogen) atoms. The molecule has 0 radical (unpaired) electrons. The quantitative estimate of drug-likeness (QED) is 0.695. The summed E-state index contributed by atoms with van der Waals surface area (Å²) < 4.78 is 0. The number of nitrogens with one attached hydrogen (secondary N) is 1. The van der Waals surface area contributed by atoms with Crippen LogP contribution in [0.25, 0.3) is 21.8 Å². The van der Waals surface area contributed by atoms with E-state index in [2.05, 4.69) is 28.2 Å². The lowest BCUT2D eigenvalue weighted by atomic mass is 10.1. The molecule has 2 heterocycles. The number of aryl methyl sites for hydroxylation is 1. The average Bonchev–Trinajstić information content (AvgIpc) is 2.74. The van der Waals surface area contributed by atoms with Crippen molar-refractivity contribution in [1.82, 2.24) is 9.97 Å². The third-order valence-corrected chi connectivity index (χ3v) is 3.02. The number of rotatable bonds is 3. The van der Waals surface area contributed by atoms with Crippen LogP contribution in [-0.4, -0.2) is 16.3 Å². The maximum absolute atomic E-state index is 10.4. The highest BCUT2D eigenvalue weighted by Crippen LogP contribution is 2.25. The molecule has 0 atom stereocenters. The largest absolute Gasteiger partial charge is 0.354 e. The third-order valence-electron chi connectivity index (χ3n) is 3.02. The normalized spacial score (nSPS) is 11.1. The van der Waals surface area contributed by atoms with Gasteiger partial charge in [0.05, 0.1) is 0 Å². The molecular formula is C14H12N2O. The lowest BCUT2D eigenvalue weighted by Crippen LogP contribution is -1.85. The van der Waals surface area contributed by atoms with Crippen LogP contribution < -0.4 is 0 Å². The number of hydrogen-bond donors (Lipinski definition) is 1. The number of nitrogens with zero attached hydrogens (tertiary/aromatic N) is 1. The predicted octanol–water partition coefficient (Wildman–Crippen LogP) is 2.85. The van der Waals surface area contributed by atoms with Crippen LogP contribution >= 0.6 is 0 Å². The van der Waals surface area contributed by atoms with Gasteiger partial charge >= 0.3 is 0 Å². The summed E-state index contributed by atoms with van der Waals surface area (Å²) in [6.45, 7) is 0. The van der Waals surface area contributed by atoms with Crippen molar-refractivity contribution in [3.8, 4) is 0 Å². The number of carbonyl (C=O) groups is 1. The number of fused-ring (bicyclic) bond motifs is 3. The molecule has 0 aliphatic carbocycles. The smallest absolute Gasteiger partial charge is 0.120 e. The van der Waals surface area contributed by atoms with Crippen LogP contribution in [-0.2, 0) is 11.2 Å². The average molecular weight is 224 g/mol. The number of aromatic nitrogens is 2. The monoisotopic (exact) mass is 224 g/mol. The van der Waals surface area contributed by atoms with Gasteiger partial charge in [-0.2, -0.15) is 0 Å². The summed E-state index contributed by atoms with van der Waals surface area (Å²) >= 11 is 0. The van der Waals surface area contributed by atoms with E-state index < -0.39 is 0 Å². The van der Waals surface area contributed by atoms with Gasteiger partial charge in [0, 0.05) is 40.6 Å². The molecule has 84 valence electrons. The van der Waals surface area contributed by atoms with E-state index in [1.54, 1.807) is 6.20 Å². The van der Waals surface area contributed by atoms with Gasteiger partial charge in [0.25, 0.3) is 0 Å². The first-order valence-corrected chi connectivity index (χ1v) is 5.66. The van der Waals surface area contributed by atoms with Crippen LogP contribution in [0.2, 0.25) is 0 Å². The zero-order chi connectivity index (χ0) is 11.7. The van der Waals surface area contributed by atoms with Crippen molar-refractivity contribution in [3.63, 3.8) is 0 Å². The van der Waals surface area contributed by atoms with Crippen molar-refractivity contribution in [2.45, 2.75) is 12.8 Å². The van der Waals surface area contributed by atoms with E-state index in [0.717, 1.165) is 29.1 Å². The van der Waals surface area contributed by atoms with E-state index in [-0.39, 0.29) is 0 Å². The van der Waals surface area contributed by atoms with Crippen LogP contribution in [0.1, 0.15) is 12.0 Å². The first-order chi connectivity index (χ1) is 8.38. The van der Waals surface area contributed by atoms with Crippen molar-refractivity contribution < 1.29 is 4.79 Å². The molecule has 0 aliphatic heterocycles. The Hall–Kier alpha value is -2.16. The SMILES string of the molecule is O=CCCc1ccc2c(c1)[nH]c1ccncc12. The minimum atomic E-state index is 0.577. The summed E-state index contributed by atoms with van der Waals surface area (Å²) in [7, 11) is 0. The maximum Gasteiger partial charge on any atom is 0.120 e. The molecule has 0 bridgehead atoms. The molecule has 3 rings (SSSR count). The molecule has 1 aromatic carbocycles. The lowest BCUT2D eigenvalue weighted by Gasteiger charge is -1.97. The summed E-state index contributed by atoms with van der Waals surface area (Å²) in [6, 6.07) is 8.25. The fourth-order valence-electron chi connectivity index (χ4n) is 2.17. The topological polar surface area (TPSA) is 45.8 Å². The van der Waals surface area contributed by atoms with Crippen molar-refractivity contribution in [2.75, 3.05) is 0 Å². The fraction of sp³-hybridized carbons (Fsp3) is 0.143. The summed E-state index contributed by atoms with van der Waals surface area (Å²) in [5.74, 6) is 0. The molecule has 0 aliphatic rings. The van der Waals surface area contributed by atoms with E-state index in [1.165, 1.54) is 10.9 Å². The Bertz CT molecular complexity index is 685. The number of carbonyl (C=O) groups excluding carboxylic acids is 1. The predicted molar refractivity (Wildman–Crippen MR) is 68.0 cm³/mol. The standard InChI is InChI=1S/C14H12N2O/c17-7-1-2-10-3-4-11-12-9-15-6-5-13(12)16-14(11)8-10/h3-9,16H,1-2H2. The first kappa shape index (κ1) is 10.0. The van der Waals surface area contributed by atoms with Crippen LogP contribution in [0, 0.1) is 0 Å². The number of hydrogen-bond acceptors (Lipinski definition) is 2. The van der Waals surface area contributed by atoms with Crippen molar-refractivity contribution in [2.24, 2.45) is 0 Å². The summed E-state index contributed by atoms with van der Waals surface area (Å²) in [6.07, 6.45) is 5.99. The highest BCUT2D eigenvalue weighted by Gasteiger charge is 2.04. The van der Waals surface area contributed by atoms with Crippen LogP contribution in [0.15, 0.2) is 36.7 Å². The lowest BCUT2D eigenvalue weighted by molar-refractivity contribution is -0.107. The zero-order valence-corrected chi connectivity index (χ0v) is 9.31. The molecule has 0 spiro atoms. The van der Waals surface area contributed by atoms with Crippen molar-refractivity contribution in [1.29, 1.82) is 0 Å². The first-order valence-electron chi connectivity index (χ1n) is 5.66. The van der Waals surface area contributed by atoms with Crippen LogP contribution in [0.5, 0.6) is 0 Å². The molecule has 3 heteroatoms. The van der Waals surface area contributed by atoms with Gasteiger partial charge < -0.3 is 9.78 Å². The Balaban J connectivity index is 2.16. The van der Waals surface area contributed by atoms with Gasteiger partial charge in [0.15, 0.2) is 0 Å². The Morgan fingerprint density at radius 2 is 2.12 bits per heavy atom. The Kier molecular flexibility index (Phi) is 2.37. The molecule has 0 saturated heterocycles. The minimum absolute atomic E-state index is 0.577. The highest BCUT2D eigenvalue weighted by atomic mass is 16.1. The fourth-order valence-corrected chi connectivity index (χ4v) is 2.17. The van der Waals surface area contributed by atoms with E-state index in [9.17, 15) is 4.79 Å². The summed E-state index contributed by atoms with van der Waals surface area (Å²) in [4.78, 5) is 17.9. The Morgan fingerprint density at radius 1 is 1.18 bits per heavy atom. The van der Waals surface area contributed by atoms with Gasteiger partial charge in [0.2, 0.25) is 0 Å². The third kappa shape index (κ3) is 1.69. The molecular weight excluding hydrogens is 212 g/mol. The van der Waals surface area contributed by atoms with Gasteiger partial charge in [0.1, 0.15) is 6.29 Å². The van der Waals surface area contributed by atoms with Crippen molar-refractivity contribution in [3.05, 3.63) is 42.2 Å². The van der Waals surface area contributed by atoms with E-state index in [0.29, 0.717) is 6.42 Å². The van der Waals surface area contributed by atoms with Crippen LogP contribution in [0.3, 0.4) is 0 Å². The van der Waals surface area contributed by atoms with E-state index in [1.807, 2.05) is 12.3 Å². The molecule has 0 amide bonds. The van der Waals surface area contributed by atoms with Gasteiger partial charge in [-0.05, 0) is 24.1 Å². The van der Waals surface area contributed by atoms with Crippen LogP contribution in [0.4, 0.5) is 0 Å². The molecule has 3 nitrogen and oxygen atoms in total. The van der Waals surface area contributed by atoms with Crippen molar-refractivity contribution >= 4 is 28.1 Å². The second kappa shape index (κ2) is 4.01. The number of aromatic amines is 1. The van der Waals surface area contributed by atoms with E-state index in [4.69, 9.17) is 0 Å².